The highest BCUT2D eigenvalue weighted by Crippen LogP contribution is 2.26. The topological polar surface area (TPSA) is 92.9 Å². The van der Waals surface area contributed by atoms with Crippen molar-refractivity contribution in [3.05, 3.63) is 24.3 Å². The molecule has 0 spiro atoms. The van der Waals surface area contributed by atoms with Gasteiger partial charge in [0.05, 0.1) is 5.92 Å². The second kappa shape index (κ2) is 6.50. The average Bonchev–Trinajstić information content (AvgIpc) is 3.01. The molecule has 2 aliphatic rings. The minimum atomic E-state index is -0.220. The molecule has 1 saturated heterocycles. The van der Waals surface area contributed by atoms with Gasteiger partial charge in [-0.05, 0) is 29.3 Å². The summed E-state index contributed by atoms with van der Waals surface area (Å²) in [5.74, 6) is 1.36. The van der Waals surface area contributed by atoms with Crippen LogP contribution in [0.3, 0.4) is 0 Å². The summed E-state index contributed by atoms with van der Waals surface area (Å²) >= 11 is 0. The number of carbonyl (C=O) groups is 1. The van der Waals surface area contributed by atoms with Crippen molar-refractivity contribution in [2.75, 3.05) is 31.1 Å². The lowest BCUT2D eigenvalue weighted by atomic mass is 10.0. The minimum Gasteiger partial charge on any atom is -0.339 e. The standard InChI is InChI=1S/C15H20N8O/c24-14(12-4-1-2-7-23-13(12)18-19-20-23)21-8-10-22(11-9-21)15-16-5-3-6-17-15/h3,5-6,12H,1-2,4,7-11H2/t12-/m1/s1. The molecule has 0 aliphatic carbocycles. The zero-order valence-electron chi connectivity index (χ0n) is 13.5. The first-order chi connectivity index (χ1) is 11.8. The van der Waals surface area contributed by atoms with Crippen LogP contribution >= 0.6 is 0 Å². The molecule has 24 heavy (non-hydrogen) atoms. The van der Waals surface area contributed by atoms with Gasteiger partial charge in [-0.1, -0.05) is 6.42 Å². The van der Waals surface area contributed by atoms with Crippen molar-refractivity contribution in [2.45, 2.75) is 31.7 Å². The van der Waals surface area contributed by atoms with Gasteiger partial charge in [-0.15, -0.1) is 5.10 Å². The van der Waals surface area contributed by atoms with Gasteiger partial charge >= 0.3 is 0 Å². The van der Waals surface area contributed by atoms with E-state index in [0.29, 0.717) is 18.9 Å². The lowest BCUT2D eigenvalue weighted by molar-refractivity contribution is -0.133. The summed E-state index contributed by atoms with van der Waals surface area (Å²) in [5, 5.41) is 11.8. The molecule has 2 aromatic rings. The lowest BCUT2D eigenvalue weighted by Gasteiger charge is -2.36. The Balaban J connectivity index is 1.44. The highest BCUT2D eigenvalue weighted by atomic mass is 16.2. The quantitative estimate of drug-likeness (QED) is 0.770. The van der Waals surface area contributed by atoms with Crippen LogP contribution in [-0.4, -0.2) is 67.2 Å². The molecule has 9 heteroatoms. The highest BCUT2D eigenvalue weighted by Gasteiger charge is 2.33. The summed E-state index contributed by atoms with van der Waals surface area (Å²) in [6, 6.07) is 1.81. The van der Waals surface area contributed by atoms with Crippen LogP contribution in [0.25, 0.3) is 0 Å². The Morgan fingerprint density at radius 2 is 1.83 bits per heavy atom. The van der Waals surface area contributed by atoms with Crippen molar-refractivity contribution in [2.24, 2.45) is 0 Å². The van der Waals surface area contributed by atoms with Crippen LogP contribution in [0.15, 0.2) is 18.5 Å². The summed E-state index contributed by atoms with van der Waals surface area (Å²) in [6.45, 7) is 3.64. The SMILES string of the molecule is O=C([C@@H]1CCCCn2nnnc21)N1CCN(c2ncccn2)CC1. The normalized spacial score (nSPS) is 21.2. The van der Waals surface area contributed by atoms with E-state index in [2.05, 4.69) is 30.4 Å². The van der Waals surface area contributed by atoms with E-state index in [1.54, 1.807) is 23.1 Å². The van der Waals surface area contributed by atoms with E-state index in [1.165, 1.54) is 0 Å². The molecule has 1 fully saturated rings. The summed E-state index contributed by atoms with van der Waals surface area (Å²) in [4.78, 5) is 25.6. The van der Waals surface area contributed by atoms with Crippen molar-refractivity contribution in [1.29, 1.82) is 0 Å². The Kier molecular flexibility index (Phi) is 4.06. The number of amides is 1. The lowest BCUT2D eigenvalue weighted by Crippen LogP contribution is -2.50. The fourth-order valence-electron chi connectivity index (χ4n) is 3.40. The molecule has 1 atom stereocenters. The summed E-state index contributed by atoms with van der Waals surface area (Å²) < 4.78 is 1.78. The third kappa shape index (κ3) is 2.81. The van der Waals surface area contributed by atoms with E-state index in [4.69, 9.17) is 0 Å². The zero-order valence-corrected chi connectivity index (χ0v) is 13.5. The molecule has 0 unspecified atom stereocenters. The summed E-state index contributed by atoms with van der Waals surface area (Å²) in [5.41, 5.74) is 0. The second-order valence-electron chi connectivity index (χ2n) is 6.17. The van der Waals surface area contributed by atoms with Gasteiger partial charge in [0.15, 0.2) is 5.82 Å². The van der Waals surface area contributed by atoms with Gasteiger partial charge in [0, 0.05) is 45.1 Å². The van der Waals surface area contributed by atoms with Crippen LogP contribution in [-0.2, 0) is 11.3 Å². The van der Waals surface area contributed by atoms with Crippen LogP contribution in [0.2, 0.25) is 0 Å². The smallest absolute Gasteiger partial charge is 0.233 e. The second-order valence-corrected chi connectivity index (χ2v) is 6.17. The predicted molar refractivity (Wildman–Crippen MR) is 85.2 cm³/mol. The molecule has 1 amide bonds. The summed E-state index contributed by atoms with van der Waals surface area (Å²) in [6.07, 6.45) is 6.33. The Bertz CT molecular complexity index is 695. The first-order valence-electron chi connectivity index (χ1n) is 8.40. The van der Waals surface area contributed by atoms with Crippen LogP contribution in [0, 0.1) is 0 Å². The number of anilines is 1. The van der Waals surface area contributed by atoms with Gasteiger partial charge in [-0.25, -0.2) is 14.6 Å². The molecular formula is C15H20N8O. The Morgan fingerprint density at radius 3 is 2.62 bits per heavy atom. The van der Waals surface area contributed by atoms with E-state index in [-0.39, 0.29) is 11.8 Å². The number of aryl methyl sites for hydroxylation is 1. The fourth-order valence-corrected chi connectivity index (χ4v) is 3.40. The third-order valence-electron chi connectivity index (χ3n) is 4.71. The number of tetrazole rings is 1. The van der Waals surface area contributed by atoms with Gasteiger partial charge in [-0.3, -0.25) is 4.79 Å². The number of hydrogen-bond donors (Lipinski definition) is 0. The molecule has 0 bridgehead atoms. The van der Waals surface area contributed by atoms with Gasteiger partial charge in [0.1, 0.15) is 0 Å². The molecule has 2 aromatic heterocycles. The largest absolute Gasteiger partial charge is 0.339 e. The molecule has 2 aliphatic heterocycles. The molecule has 0 radical (unpaired) electrons. The van der Waals surface area contributed by atoms with Crippen molar-refractivity contribution >= 4 is 11.9 Å². The molecule has 0 aromatic carbocycles. The molecule has 9 nitrogen and oxygen atoms in total. The van der Waals surface area contributed by atoms with Crippen molar-refractivity contribution in [1.82, 2.24) is 35.1 Å². The number of carbonyl (C=O) groups excluding carboxylic acids is 1. The molecular weight excluding hydrogens is 308 g/mol. The number of piperazine rings is 1. The third-order valence-corrected chi connectivity index (χ3v) is 4.71. The zero-order chi connectivity index (χ0) is 16.4. The molecule has 0 N–H and O–H groups in total. The van der Waals surface area contributed by atoms with Crippen molar-refractivity contribution in [3.63, 3.8) is 0 Å². The van der Waals surface area contributed by atoms with Gasteiger partial charge in [-0.2, -0.15) is 0 Å². The van der Waals surface area contributed by atoms with E-state index in [0.717, 1.165) is 44.8 Å². The summed E-state index contributed by atoms with van der Waals surface area (Å²) in [7, 11) is 0. The van der Waals surface area contributed by atoms with Gasteiger partial charge < -0.3 is 9.80 Å². The predicted octanol–water partition coefficient (Wildman–Crippen LogP) is 0.0794. The van der Waals surface area contributed by atoms with Crippen LogP contribution < -0.4 is 4.90 Å². The van der Waals surface area contributed by atoms with Crippen molar-refractivity contribution in [3.8, 4) is 0 Å². The maximum atomic E-state index is 13.0. The van der Waals surface area contributed by atoms with E-state index >= 15 is 0 Å². The minimum absolute atomic E-state index is 0.140. The molecule has 0 saturated carbocycles. The van der Waals surface area contributed by atoms with Crippen LogP contribution in [0.5, 0.6) is 0 Å². The Labute approximate surface area is 139 Å². The first kappa shape index (κ1) is 15.0. The highest BCUT2D eigenvalue weighted by molar-refractivity contribution is 5.83. The van der Waals surface area contributed by atoms with E-state index in [1.807, 2.05) is 4.90 Å². The number of nitrogens with zero attached hydrogens (tertiary/aromatic N) is 8. The molecule has 4 rings (SSSR count). The fraction of sp³-hybridized carbons (Fsp3) is 0.600. The molecule has 4 heterocycles. The number of rotatable bonds is 2. The van der Waals surface area contributed by atoms with E-state index < -0.39 is 0 Å². The number of fused-ring (bicyclic) bond motifs is 1. The Morgan fingerprint density at radius 1 is 1.04 bits per heavy atom. The van der Waals surface area contributed by atoms with Gasteiger partial charge in [0.25, 0.3) is 0 Å². The van der Waals surface area contributed by atoms with Crippen molar-refractivity contribution < 1.29 is 4.79 Å². The van der Waals surface area contributed by atoms with Gasteiger partial charge in [0.2, 0.25) is 11.9 Å². The average molecular weight is 328 g/mol. The first-order valence-corrected chi connectivity index (χ1v) is 8.40. The Hall–Kier alpha value is -2.58. The maximum Gasteiger partial charge on any atom is 0.233 e. The molecule has 126 valence electrons. The number of aromatic nitrogens is 6. The van der Waals surface area contributed by atoms with E-state index in [9.17, 15) is 4.79 Å². The maximum absolute atomic E-state index is 13.0. The monoisotopic (exact) mass is 328 g/mol. The van der Waals surface area contributed by atoms with Crippen LogP contribution in [0.4, 0.5) is 5.95 Å². The van der Waals surface area contributed by atoms with Crippen LogP contribution in [0.1, 0.15) is 31.0 Å². The number of hydrogen-bond acceptors (Lipinski definition) is 7.